The number of fused-ring (bicyclic) bond motifs is 2. The van der Waals surface area contributed by atoms with Crippen LogP contribution < -0.4 is 4.90 Å². The Hall–Kier alpha value is -3.98. The highest BCUT2D eigenvalue weighted by atomic mass is 16.4. The van der Waals surface area contributed by atoms with Crippen molar-refractivity contribution in [3.05, 3.63) is 77.4 Å². The third-order valence-corrected chi connectivity index (χ3v) is 7.50. The summed E-state index contributed by atoms with van der Waals surface area (Å²) >= 11 is 0. The zero-order chi connectivity index (χ0) is 27.8. The van der Waals surface area contributed by atoms with Crippen LogP contribution in [0.25, 0.3) is 0 Å². The molecule has 0 aromatic heterocycles. The highest BCUT2D eigenvalue weighted by Crippen LogP contribution is 2.28. The molecule has 1 saturated heterocycles. The summed E-state index contributed by atoms with van der Waals surface area (Å²) in [5.74, 6) is -1.47. The number of aliphatic carboxylic acids is 2. The molecular weight excluding hydrogens is 498 g/mol. The van der Waals surface area contributed by atoms with Crippen molar-refractivity contribution in [3.8, 4) is 0 Å². The standard InChI is InChI=1S/C26H31N3O2.C4H4O4/c30-25-11-10-21-6-2-4-9-24(21)29(25)15-5-14-27-16-12-20(13-17-27)18-28-19-22-7-1-3-8-23(22)26(28)31;5-3(6)1-2-4(7)8/h1-4,6-9,20H,5,10-19H2;1-2H,(H,5,6)(H,7,8). The lowest BCUT2D eigenvalue weighted by atomic mass is 9.96. The monoisotopic (exact) mass is 533 g/mol. The zero-order valence-electron chi connectivity index (χ0n) is 22.0. The van der Waals surface area contributed by atoms with E-state index in [0.717, 1.165) is 76.2 Å². The van der Waals surface area contributed by atoms with E-state index in [1.54, 1.807) is 0 Å². The van der Waals surface area contributed by atoms with Gasteiger partial charge in [-0.05, 0) is 74.5 Å². The van der Waals surface area contributed by atoms with Gasteiger partial charge in [-0.25, -0.2) is 9.59 Å². The van der Waals surface area contributed by atoms with Crippen LogP contribution in [0.5, 0.6) is 0 Å². The molecule has 0 saturated carbocycles. The number of benzene rings is 2. The quantitative estimate of drug-likeness (QED) is 0.499. The maximum atomic E-state index is 12.6. The summed E-state index contributed by atoms with van der Waals surface area (Å²) < 4.78 is 0. The summed E-state index contributed by atoms with van der Waals surface area (Å²) in [5.41, 5.74) is 4.45. The number of hydrogen-bond acceptors (Lipinski definition) is 5. The Balaban J connectivity index is 0.000000386. The Morgan fingerprint density at radius 1 is 0.846 bits per heavy atom. The van der Waals surface area contributed by atoms with E-state index in [1.807, 2.05) is 34.1 Å². The van der Waals surface area contributed by atoms with Gasteiger partial charge in [0.05, 0.1) is 0 Å². The molecule has 3 heterocycles. The highest BCUT2D eigenvalue weighted by molar-refractivity contribution is 5.98. The minimum atomic E-state index is -1.26. The van der Waals surface area contributed by atoms with Gasteiger partial charge in [0.2, 0.25) is 5.91 Å². The summed E-state index contributed by atoms with van der Waals surface area (Å²) in [4.78, 5) is 50.7. The summed E-state index contributed by atoms with van der Waals surface area (Å²) in [6, 6.07) is 16.3. The number of anilines is 1. The van der Waals surface area contributed by atoms with Gasteiger partial charge in [-0.15, -0.1) is 0 Å². The molecule has 2 aromatic rings. The number of carboxylic acid groups (broad SMARTS) is 2. The Kier molecular flexibility index (Phi) is 9.49. The lowest BCUT2D eigenvalue weighted by Gasteiger charge is -2.35. The maximum Gasteiger partial charge on any atom is 0.328 e. The number of carboxylic acids is 2. The van der Waals surface area contributed by atoms with Gasteiger partial charge in [0, 0.05) is 49.5 Å². The van der Waals surface area contributed by atoms with Crippen LogP contribution in [0.1, 0.15) is 47.2 Å². The molecule has 2 amide bonds. The zero-order valence-corrected chi connectivity index (χ0v) is 22.0. The van der Waals surface area contributed by atoms with E-state index in [4.69, 9.17) is 10.2 Å². The van der Waals surface area contributed by atoms with Gasteiger partial charge < -0.3 is 24.9 Å². The Labute approximate surface area is 228 Å². The topological polar surface area (TPSA) is 118 Å². The fourth-order valence-corrected chi connectivity index (χ4v) is 5.50. The largest absolute Gasteiger partial charge is 0.478 e. The molecule has 206 valence electrons. The molecule has 0 radical (unpaired) electrons. The first-order valence-electron chi connectivity index (χ1n) is 13.4. The maximum absolute atomic E-state index is 12.6. The van der Waals surface area contributed by atoms with Crippen LogP contribution in [0.15, 0.2) is 60.7 Å². The molecule has 9 nitrogen and oxygen atoms in total. The molecule has 1 fully saturated rings. The number of piperidine rings is 1. The average molecular weight is 534 g/mol. The summed E-state index contributed by atoms with van der Waals surface area (Å²) in [7, 11) is 0. The van der Waals surface area contributed by atoms with E-state index in [2.05, 4.69) is 29.2 Å². The first-order chi connectivity index (χ1) is 18.8. The number of nitrogens with zero attached hydrogens (tertiary/aromatic N) is 3. The third kappa shape index (κ3) is 7.54. The Morgan fingerprint density at radius 3 is 2.15 bits per heavy atom. The van der Waals surface area contributed by atoms with E-state index in [0.29, 0.717) is 24.5 Å². The number of likely N-dealkylation sites (tertiary alicyclic amines) is 1. The molecule has 5 rings (SSSR count). The SMILES string of the molecule is O=C(O)C=CC(=O)O.O=C1c2ccccc2CN1CC1CCN(CCCN2C(=O)CCc3ccccc32)CC1. The van der Waals surface area contributed by atoms with Crippen LogP contribution in [0, 0.1) is 5.92 Å². The number of carbonyl (C=O) groups excluding carboxylic acids is 2. The number of carbonyl (C=O) groups is 4. The number of hydrogen-bond donors (Lipinski definition) is 2. The van der Waals surface area contributed by atoms with Crippen molar-refractivity contribution < 1.29 is 29.4 Å². The van der Waals surface area contributed by atoms with Crippen LogP contribution in [0.4, 0.5) is 5.69 Å². The predicted octanol–water partition coefficient (Wildman–Crippen LogP) is 3.44. The number of amides is 2. The minimum absolute atomic E-state index is 0.199. The second-order valence-electron chi connectivity index (χ2n) is 10.2. The van der Waals surface area contributed by atoms with Crippen LogP contribution in [-0.2, 0) is 27.3 Å². The fourth-order valence-electron chi connectivity index (χ4n) is 5.50. The van der Waals surface area contributed by atoms with Gasteiger partial charge in [0.15, 0.2) is 0 Å². The molecule has 0 bridgehead atoms. The Morgan fingerprint density at radius 2 is 1.49 bits per heavy atom. The number of rotatable bonds is 8. The van der Waals surface area contributed by atoms with Crippen molar-refractivity contribution in [1.29, 1.82) is 0 Å². The molecule has 0 unspecified atom stereocenters. The van der Waals surface area contributed by atoms with Gasteiger partial charge in [0.1, 0.15) is 0 Å². The van der Waals surface area contributed by atoms with Gasteiger partial charge in [-0.1, -0.05) is 36.4 Å². The van der Waals surface area contributed by atoms with E-state index in [1.165, 1.54) is 11.1 Å². The number of aryl methyl sites for hydroxylation is 1. The van der Waals surface area contributed by atoms with Crippen molar-refractivity contribution in [2.24, 2.45) is 5.92 Å². The molecule has 0 atom stereocenters. The molecule has 39 heavy (non-hydrogen) atoms. The predicted molar refractivity (Wildman–Crippen MR) is 146 cm³/mol. The van der Waals surface area contributed by atoms with Crippen molar-refractivity contribution in [2.45, 2.75) is 38.6 Å². The molecule has 2 N–H and O–H groups in total. The van der Waals surface area contributed by atoms with Crippen LogP contribution >= 0.6 is 0 Å². The molecule has 3 aliphatic heterocycles. The highest BCUT2D eigenvalue weighted by Gasteiger charge is 2.30. The second-order valence-corrected chi connectivity index (χ2v) is 10.2. The fraction of sp³-hybridized carbons (Fsp3) is 0.400. The first-order valence-corrected chi connectivity index (χ1v) is 13.4. The lowest BCUT2D eigenvalue weighted by Crippen LogP contribution is -2.41. The lowest BCUT2D eigenvalue weighted by molar-refractivity contribution is -0.134. The summed E-state index contributed by atoms with van der Waals surface area (Å²) in [5, 5.41) is 15.6. The van der Waals surface area contributed by atoms with Crippen molar-refractivity contribution in [3.63, 3.8) is 0 Å². The molecular formula is C30H35N3O6. The van der Waals surface area contributed by atoms with Gasteiger partial charge in [0.25, 0.3) is 5.91 Å². The van der Waals surface area contributed by atoms with Crippen LogP contribution in [0.2, 0.25) is 0 Å². The smallest absolute Gasteiger partial charge is 0.328 e. The van der Waals surface area contributed by atoms with E-state index in [-0.39, 0.29) is 11.8 Å². The van der Waals surface area contributed by atoms with E-state index < -0.39 is 11.9 Å². The first kappa shape index (κ1) is 28.0. The normalized spacial score (nSPS) is 17.5. The van der Waals surface area contributed by atoms with Crippen LogP contribution in [-0.4, -0.2) is 76.5 Å². The van der Waals surface area contributed by atoms with Crippen molar-refractivity contribution in [2.75, 3.05) is 37.6 Å². The third-order valence-electron chi connectivity index (χ3n) is 7.50. The Bertz CT molecular complexity index is 1220. The molecule has 3 aliphatic rings. The molecule has 2 aromatic carbocycles. The van der Waals surface area contributed by atoms with Gasteiger partial charge >= 0.3 is 11.9 Å². The second kappa shape index (κ2) is 13.2. The average Bonchev–Trinajstić information content (AvgIpc) is 3.25. The molecule has 0 spiro atoms. The minimum Gasteiger partial charge on any atom is -0.478 e. The summed E-state index contributed by atoms with van der Waals surface area (Å²) in [6.45, 7) is 5.65. The van der Waals surface area contributed by atoms with E-state index >= 15 is 0 Å². The van der Waals surface area contributed by atoms with Crippen molar-refractivity contribution in [1.82, 2.24) is 9.80 Å². The van der Waals surface area contributed by atoms with Gasteiger partial charge in [-0.2, -0.15) is 0 Å². The van der Waals surface area contributed by atoms with Crippen LogP contribution in [0.3, 0.4) is 0 Å². The summed E-state index contributed by atoms with van der Waals surface area (Å²) in [6.07, 6.45) is 5.90. The van der Waals surface area contributed by atoms with Gasteiger partial charge in [-0.3, -0.25) is 9.59 Å². The molecule has 9 heteroatoms. The van der Waals surface area contributed by atoms with Crippen molar-refractivity contribution >= 4 is 29.4 Å². The number of para-hydroxylation sites is 1. The van der Waals surface area contributed by atoms with E-state index in [9.17, 15) is 19.2 Å². The molecule has 0 aliphatic carbocycles.